The fourth-order valence-electron chi connectivity index (χ4n) is 5.03. The van der Waals surface area contributed by atoms with E-state index < -0.39 is 0 Å². The monoisotopic (exact) mass is 395 g/mol. The van der Waals surface area contributed by atoms with Gasteiger partial charge in [-0.15, -0.1) is 0 Å². The smallest absolute Gasteiger partial charge is 0.111 e. The first kappa shape index (κ1) is 18.8. The highest BCUT2D eigenvalue weighted by Gasteiger charge is 2.37. The third kappa shape index (κ3) is 2.65. The molecule has 3 aromatic carbocycles. The molecule has 152 valence electrons. The highest BCUT2D eigenvalue weighted by molar-refractivity contribution is 6.10. The van der Waals surface area contributed by atoms with Gasteiger partial charge >= 0.3 is 0 Å². The molecule has 0 saturated heterocycles. The Morgan fingerprint density at radius 2 is 1.47 bits per heavy atom. The van der Waals surface area contributed by atoms with Crippen LogP contribution >= 0.6 is 0 Å². The Hall–Kier alpha value is -3.20. The lowest BCUT2D eigenvalue weighted by molar-refractivity contribution is 0.170. The van der Waals surface area contributed by atoms with Crippen LogP contribution in [0.5, 0.6) is 0 Å². The third-order valence-corrected chi connectivity index (χ3v) is 6.42. The highest BCUT2D eigenvalue weighted by atomic mass is 15.4. The maximum atomic E-state index is 2.42. The quantitative estimate of drug-likeness (QED) is 0.377. The van der Waals surface area contributed by atoms with E-state index in [1.165, 1.54) is 38.7 Å². The second kappa shape index (κ2) is 6.66. The summed E-state index contributed by atoms with van der Waals surface area (Å²) in [7, 11) is 0. The largest absolute Gasteiger partial charge is 0.351 e. The minimum Gasteiger partial charge on any atom is -0.351 e. The van der Waals surface area contributed by atoms with Gasteiger partial charge in [0.15, 0.2) is 0 Å². The molecule has 0 bridgehead atoms. The van der Waals surface area contributed by atoms with Gasteiger partial charge in [0, 0.05) is 40.6 Å². The Balaban J connectivity index is 1.79. The molecule has 2 heterocycles. The molecule has 4 aromatic rings. The molecule has 0 amide bonds. The van der Waals surface area contributed by atoms with Crippen molar-refractivity contribution < 1.29 is 0 Å². The van der Waals surface area contributed by atoms with Gasteiger partial charge in [-0.25, -0.2) is 0 Å². The van der Waals surface area contributed by atoms with Crippen LogP contribution < -0.4 is 4.90 Å². The average molecular weight is 396 g/mol. The first-order valence-electron chi connectivity index (χ1n) is 10.7. The Labute approximate surface area is 178 Å². The molecule has 30 heavy (non-hydrogen) atoms. The van der Waals surface area contributed by atoms with Crippen molar-refractivity contribution in [2.24, 2.45) is 0 Å². The topological polar surface area (TPSA) is 11.4 Å². The molecule has 0 radical (unpaired) electrons. The van der Waals surface area contributed by atoms with Crippen LogP contribution in [0.3, 0.4) is 0 Å². The number of nitrogens with zero attached hydrogens (tertiary/aromatic N) is 3. The van der Waals surface area contributed by atoms with Crippen molar-refractivity contribution in [2.45, 2.75) is 46.3 Å². The van der Waals surface area contributed by atoms with Crippen molar-refractivity contribution in [3.63, 3.8) is 0 Å². The summed E-state index contributed by atoms with van der Waals surface area (Å²) in [5.74, 6) is 0. The Bertz CT molecular complexity index is 1260. The van der Waals surface area contributed by atoms with Crippen LogP contribution in [0.15, 0.2) is 79.1 Å². The van der Waals surface area contributed by atoms with E-state index in [9.17, 15) is 0 Å². The molecule has 1 aliphatic heterocycles. The van der Waals surface area contributed by atoms with Gasteiger partial charge in [0.25, 0.3) is 0 Å². The summed E-state index contributed by atoms with van der Waals surface area (Å²) in [5.41, 5.74) is 6.12. The van der Waals surface area contributed by atoms with Crippen LogP contribution in [0.1, 0.15) is 33.3 Å². The van der Waals surface area contributed by atoms with Gasteiger partial charge in [-0.2, -0.15) is 0 Å². The van der Waals surface area contributed by atoms with Crippen LogP contribution in [0.25, 0.3) is 27.5 Å². The van der Waals surface area contributed by atoms with Crippen molar-refractivity contribution >= 4 is 27.5 Å². The van der Waals surface area contributed by atoms with Crippen molar-refractivity contribution in [3.05, 3.63) is 84.7 Å². The zero-order valence-electron chi connectivity index (χ0n) is 18.4. The van der Waals surface area contributed by atoms with E-state index in [-0.39, 0.29) is 5.66 Å². The fourth-order valence-corrected chi connectivity index (χ4v) is 5.03. The summed E-state index contributed by atoms with van der Waals surface area (Å²) >= 11 is 0. The lowest BCUT2D eigenvalue weighted by Gasteiger charge is -2.43. The predicted molar refractivity (Wildman–Crippen MR) is 128 cm³/mol. The number of anilines is 1. The van der Waals surface area contributed by atoms with Crippen LogP contribution in [0.4, 0.5) is 5.69 Å². The number of rotatable bonds is 3. The zero-order chi connectivity index (χ0) is 21.0. The van der Waals surface area contributed by atoms with Crippen molar-refractivity contribution in [3.8, 4) is 5.69 Å². The number of fused-ring (bicyclic) bond motifs is 3. The summed E-state index contributed by atoms with van der Waals surface area (Å²) in [6, 6.07) is 24.5. The van der Waals surface area contributed by atoms with Gasteiger partial charge in [-0.1, -0.05) is 36.4 Å². The molecule has 1 aromatic heterocycles. The van der Waals surface area contributed by atoms with E-state index in [0.717, 1.165) is 0 Å². The molecular formula is C27H29N3. The summed E-state index contributed by atoms with van der Waals surface area (Å²) in [6.45, 7) is 11.3. The van der Waals surface area contributed by atoms with E-state index >= 15 is 0 Å². The summed E-state index contributed by atoms with van der Waals surface area (Å²) in [5, 5.41) is 2.60. The van der Waals surface area contributed by atoms with Gasteiger partial charge in [-0.05, 0) is 70.5 Å². The van der Waals surface area contributed by atoms with Crippen LogP contribution in [0, 0.1) is 6.92 Å². The number of aryl methyl sites for hydroxylation is 1. The maximum absolute atomic E-state index is 2.42. The molecule has 3 heteroatoms. The molecule has 1 aliphatic rings. The average Bonchev–Trinajstić information content (AvgIpc) is 3.21. The molecule has 0 aliphatic carbocycles. The highest BCUT2D eigenvalue weighted by Crippen LogP contribution is 2.40. The van der Waals surface area contributed by atoms with Crippen molar-refractivity contribution in [2.75, 3.05) is 4.90 Å². The van der Waals surface area contributed by atoms with Crippen molar-refractivity contribution in [1.29, 1.82) is 0 Å². The van der Waals surface area contributed by atoms with Crippen LogP contribution in [0.2, 0.25) is 0 Å². The van der Waals surface area contributed by atoms with E-state index in [4.69, 9.17) is 0 Å². The Morgan fingerprint density at radius 1 is 0.767 bits per heavy atom. The molecule has 0 N–H and O–H groups in total. The molecule has 0 unspecified atom stereocenters. The number of aromatic nitrogens is 1. The lowest BCUT2D eigenvalue weighted by Crippen LogP contribution is -2.51. The molecule has 5 rings (SSSR count). The van der Waals surface area contributed by atoms with Gasteiger partial charge in [0.05, 0.1) is 11.0 Å². The summed E-state index contributed by atoms with van der Waals surface area (Å²) < 4.78 is 2.39. The lowest BCUT2D eigenvalue weighted by atomic mass is 10.0. The van der Waals surface area contributed by atoms with Gasteiger partial charge in [-0.3, -0.25) is 0 Å². The number of hydrogen-bond donors (Lipinski definition) is 0. The molecule has 3 nitrogen and oxygen atoms in total. The van der Waals surface area contributed by atoms with Crippen molar-refractivity contribution in [1.82, 2.24) is 9.47 Å². The standard InChI is InChI=1S/C27H29N3/c1-19(2)28-15-16-29(27(28,4)5)25-18-26-23(17-20(25)3)22-13-9-10-14-24(22)30(26)21-11-7-6-8-12-21/h6-19H,1-5H3. The third-order valence-electron chi connectivity index (χ3n) is 6.42. The second-order valence-corrected chi connectivity index (χ2v) is 9.01. The zero-order valence-corrected chi connectivity index (χ0v) is 18.4. The first-order chi connectivity index (χ1) is 14.4. The van der Waals surface area contributed by atoms with Crippen LogP contribution in [-0.2, 0) is 0 Å². The predicted octanol–water partition coefficient (Wildman–Crippen LogP) is 6.83. The Morgan fingerprint density at radius 3 is 2.17 bits per heavy atom. The molecule has 0 saturated carbocycles. The molecule has 0 atom stereocenters. The molecule has 0 fully saturated rings. The SMILES string of the molecule is Cc1cc2c3ccccc3n(-c3ccccc3)c2cc1N1C=CN(C(C)C)C1(C)C. The minimum atomic E-state index is -0.115. The van der Waals surface area contributed by atoms with Gasteiger partial charge in [0.2, 0.25) is 0 Å². The first-order valence-corrected chi connectivity index (χ1v) is 10.7. The molecule has 0 spiro atoms. The molecular weight excluding hydrogens is 366 g/mol. The normalized spacial score (nSPS) is 15.8. The van der Waals surface area contributed by atoms with E-state index in [2.05, 4.69) is 128 Å². The number of benzene rings is 3. The Kier molecular flexibility index (Phi) is 4.18. The number of hydrogen-bond acceptors (Lipinski definition) is 2. The van der Waals surface area contributed by atoms with Gasteiger partial charge in [0.1, 0.15) is 5.66 Å². The number of para-hydroxylation sites is 2. The van der Waals surface area contributed by atoms with Crippen LogP contribution in [-0.4, -0.2) is 21.2 Å². The summed E-state index contributed by atoms with van der Waals surface area (Å²) in [4.78, 5) is 4.83. The van der Waals surface area contributed by atoms with E-state index in [0.29, 0.717) is 6.04 Å². The van der Waals surface area contributed by atoms with E-state index in [1.807, 2.05) is 0 Å². The van der Waals surface area contributed by atoms with E-state index in [1.54, 1.807) is 0 Å². The fraction of sp³-hybridized carbons (Fsp3) is 0.259. The van der Waals surface area contributed by atoms with Gasteiger partial charge < -0.3 is 14.4 Å². The second-order valence-electron chi connectivity index (χ2n) is 9.01. The summed E-state index contributed by atoms with van der Waals surface area (Å²) in [6.07, 6.45) is 4.45. The minimum absolute atomic E-state index is 0.115. The maximum Gasteiger partial charge on any atom is 0.111 e.